The molecule has 4 rings (SSSR count). The maximum Gasteiger partial charge on any atom is 0.408 e. The number of hydrogen-bond donors (Lipinski definition) is 0. The second kappa shape index (κ2) is 10.2. The second-order valence-corrected chi connectivity index (χ2v) is 10.3. The first-order valence-corrected chi connectivity index (χ1v) is 12.4. The summed E-state index contributed by atoms with van der Waals surface area (Å²) in [6.45, 7) is 5.68. The Morgan fingerprint density at radius 3 is 1.40 bits per heavy atom. The third-order valence-corrected chi connectivity index (χ3v) is 8.82. The molecule has 0 spiro atoms. The maximum atomic E-state index is 6.79. The van der Waals surface area contributed by atoms with Crippen LogP contribution < -0.4 is 10.4 Å². The Morgan fingerprint density at radius 1 is 0.567 bits per heavy atom. The molecule has 0 saturated carbocycles. The molecule has 0 saturated heterocycles. The van der Waals surface area contributed by atoms with Crippen molar-refractivity contribution in [1.29, 1.82) is 0 Å². The van der Waals surface area contributed by atoms with Gasteiger partial charge in [0, 0.05) is 23.6 Å². The Labute approximate surface area is 185 Å². The molecule has 0 unspecified atom stereocenters. The van der Waals surface area contributed by atoms with E-state index in [9.17, 15) is 0 Å². The molecule has 0 bridgehead atoms. The zero-order valence-corrected chi connectivity index (χ0v) is 18.2. The number of hydrogen-bond acceptors (Lipinski definition) is 2. The zero-order valence-electron chi connectivity index (χ0n) is 17.2. The molecule has 4 aromatic rings. The van der Waals surface area contributed by atoms with Crippen LogP contribution in [0.1, 0.15) is 26.7 Å². The van der Waals surface area contributed by atoms with Crippen LogP contribution in [0.2, 0.25) is 0 Å². The molecule has 30 heavy (non-hydrogen) atoms. The first kappa shape index (κ1) is 22.4. The molecule has 2 nitrogen and oxygen atoms in total. The van der Waals surface area contributed by atoms with Crippen molar-refractivity contribution in [3.05, 3.63) is 84.9 Å². The summed E-state index contributed by atoms with van der Waals surface area (Å²) in [5, 5.41) is 7.30. The Balaban J connectivity index is 0.00000256. The van der Waals surface area contributed by atoms with Crippen molar-refractivity contribution in [3.8, 4) is 0 Å². The van der Waals surface area contributed by atoms with E-state index in [-0.39, 0.29) is 11.0 Å². The van der Waals surface area contributed by atoms with Gasteiger partial charge in [-0.15, -0.1) is 0 Å². The predicted octanol–water partition coefficient (Wildman–Crippen LogP) is 3.95. The van der Waals surface area contributed by atoms with Crippen LogP contribution >= 0.6 is 0 Å². The van der Waals surface area contributed by atoms with Crippen LogP contribution in [0.3, 0.4) is 0 Å². The van der Waals surface area contributed by atoms with Crippen LogP contribution in [0.25, 0.3) is 21.5 Å². The SMILES string of the molecule is CCCO[Si](OCCC)(c1cccc2ccccc12)c1cccc2ccccc12.[SiH4]. The predicted molar refractivity (Wildman–Crippen MR) is 137 cm³/mol. The van der Waals surface area contributed by atoms with E-state index in [1.165, 1.54) is 31.9 Å². The van der Waals surface area contributed by atoms with Crippen LogP contribution in [0.5, 0.6) is 0 Å². The summed E-state index contributed by atoms with van der Waals surface area (Å²) < 4.78 is 13.6. The summed E-state index contributed by atoms with van der Waals surface area (Å²) in [4.78, 5) is 0. The first-order valence-electron chi connectivity index (χ1n) is 10.5. The van der Waals surface area contributed by atoms with Crippen LogP contribution in [-0.4, -0.2) is 32.7 Å². The van der Waals surface area contributed by atoms with Gasteiger partial charge < -0.3 is 8.85 Å². The van der Waals surface area contributed by atoms with Crippen molar-refractivity contribution in [1.82, 2.24) is 0 Å². The number of fused-ring (bicyclic) bond motifs is 2. The van der Waals surface area contributed by atoms with Gasteiger partial charge in [-0.2, -0.15) is 0 Å². The highest BCUT2D eigenvalue weighted by Gasteiger charge is 2.44. The average Bonchev–Trinajstić information content (AvgIpc) is 2.79. The van der Waals surface area contributed by atoms with E-state index in [1.807, 2.05) is 0 Å². The van der Waals surface area contributed by atoms with Gasteiger partial charge in [-0.1, -0.05) is 98.8 Å². The number of rotatable bonds is 8. The first-order chi connectivity index (χ1) is 14.3. The quantitative estimate of drug-likeness (QED) is 0.393. The minimum atomic E-state index is -2.92. The van der Waals surface area contributed by atoms with Gasteiger partial charge in [0.05, 0.1) is 0 Å². The van der Waals surface area contributed by atoms with Gasteiger partial charge >= 0.3 is 8.56 Å². The Morgan fingerprint density at radius 2 is 0.967 bits per heavy atom. The molecule has 0 fully saturated rings. The van der Waals surface area contributed by atoms with Crippen molar-refractivity contribution in [2.24, 2.45) is 0 Å². The van der Waals surface area contributed by atoms with Crippen LogP contribution in [0.15, 0.2) is 84.9 Å². The van der Waals surface area contributed by atoms with Gasteiger partial charge in [-0.05, 0) is 45.4 Å². The highest BCUT2D eigenvalue weighted by molar-refractivity contribution is 6.95. The van der Waals surface area contributed by atoms with Crippen molar-refractivity contribution in [3.63, 3.8) is 0 Å². The van der Waals surface area contributed by atoms with Crippen LogP contribution in [-0.2, 0) is 8.85 Å². The molecule has 0 N–H and O–H groups in total. The third kappa shape index (κ3) is 4.14. The third-order valence-electron chi connectivity index (χ3n) is 5.31. The molecule has 0 amide bonds. The van der Waals surface area contributed by atoms with Gasteiger partial charge in [0.25, 0.3) is 0 Å². The van der Waals surface area contributed by atoms with E-state index in [2.05, 4.69) is 98.8 Å². The lowest BCUT2D eigenvalue weighted by atomic mass is 10.1. The van der Waals surface area contributed by atoms with Gasteiger partial charge in [0.15, 0.2) is 0 Å². The molecule has 0 atom stereocenters. The highest BCUT2D eigenvalue weighted by atomic mass is 28.4. The smallest absolute Gasteiger partial charge is 0.388 e. The lowest BCUT2D eigenvalue weighted by Gasteiger charge is -2.33. The van der Waals surface area contributed by atoms with E-state index in [0.717, 1.165) is 12.8 Å². The lowest BCUT2D eigenvalue weighted by Crippen LogP contribution is -2.64. The van der Waals surface area contributed by atoms with Crippen molar-refractivity contribution in [2.75, 3.05) is 13.2 Å². The zero-order chi connectivity index (χ0) is 20.1. The molecule has 0 radical (unpaired) electrons. The van der Waals surface area contributed by atoms with E-state index >= 15 is 0 Å². The topological polar surface area (TPSA) is 18.5 Å². The monoisotopic (exact) mass is 432 g/mol. The molecule has 0 aliphatic heterocycles. The van der Waals surface area contributed by atoms with Crippen molar-refractivity contribution in [2.45, 2.75) is 26.7 Å². The minimum absolute atomic E-state index is 0. The Bertz CT molecular complexity index is 1010. The summed E-state index contributed by atoms with van der Waals surface area (Å²) >= 11 is 0. The summed E-state index contributed by atoms with van der Waals surface area (Å²) in [6, 6.07) is 30.1. The van der Waals surface area contributed by atoms with E-state index < -0.39 is 8.56 Å². The fourth-order valence-corrected chi connectivity index (χ4v) is 7.79. The molecular formula is C26H32O2Si2. The van der Waals surface area contributed by atoms with Crippen molar-refractivity contribution >= 4 is 51.4 Å². The van der Waals surface area contributed by atoms with Gasteiger partial charge in [-0.3, -0.25) is 0 Å². The minimum Gasteiger partial charge on any atom is -0.388 e. The van der Waals surface area contributed by atoms with Crippen LogP contribution in [0.4, 0.5) is 0 Å². The maximum absolute atomic E-state index is 6.79. The molecule has 0 aromatic heterocycles. The fraction of sp³-hybridized carbons (Fsp3) is 0.231. The average molecular weight is 433 g/mol. The molecule has 4 aromatic carbocycles. The second-order valence-electron chi connectivity index (χ2n) is 7.37. The largest absolute Gasteiger partial charge is 0.408 e. The fourth-order valence-electron chi connectivity index (χ4n) is 4.01. The highest BCUT2D eigenvalue weighted by Crippen LogP contribution is 2.22. The van der Waals surface area contributed by atoms with Crippen molar-refractivity contribution < 1.29 is 8.85 Å². The van der Waals surface area contributed by atoms with Gasteiger partial charge in [0.2, 0.25) is 0 Å². The lowest BCUT2D eigenvalue weighted by molar-refractivity contribution is 0.192. The summed E-state index contributed by atoms with van der Waals surface area (Å²) in [6.07, 6.45) is 1.92. The summed E-state index contributed by atoms with van der Waals surface area (Å²) in [7, 11) is -2.92. The number of benzene rings is 4. The van der Waals surface area contributed by atoms with E-state index in [1.54, 1.807) is 0 Å². The molecule has 4 heteroatoms. The molecule has 0 aliphatic rings. The van der Waals surface area contributed by atoms with E-state index in [0.29, 0.717) is 13.2 Å². The van der Waals surface area contributed by atoms with Gasteiger partial charge in [0.1, 0.15) is 0 Å². The molecule has 0 aliphatic carbocycles. The van der Waals surface area contributed by atoms with Crippen LogP contribution in [0, 0.1) is 0 Å². The van der Waals surface area contributed by atoms with E-state index in [4.69, 9.17) is 8.85 Å². The molecule has 156 valence electrons. The summed E-state index contributed by atoms with van der Waals surface area (Å²) in [5.74, 6) is 0. The Hall–Kier alpha value is -2.25. The van der Waals surface area contributed by atoms with Gasteiger partial charge in [-0.25, -0.2) is 0 Å². The normalized spacial score (nSPS) is 11.5. The molecular weight excluding hydrogens is 400 g/mol. The standard InChI is InChI=1S/C26H28O2Si.H4Si/c1-3-19-27-29(28-20-4-2,25-17-9-13-21-11-5-7-15-23(21)25)26-18-10-14-22-12-6-8-16-24(22)26;/h5-18H,3-4,19-20H2,1-2H3;1H4. The molecule has 0 heterocycles. The summed E-state index contributed by atoms with van der Waals surface area (Å²) in [5.41, 5.74) is 0. The Kier molecular flexibility index (Phi) is 7.61.